The topological polar surface area (TPSA) is 45.1 Å². The van der Waals surface area contributed by atoms with Gasteiger partial charge in [-0.05, 0) is 42.1 Å². The molecule has 1 aromatic heterocycles. The van der Waals surface area contributed by atoms with E-state index in [9.17, 15) is 5.11 Å². The first-order valence-corrected chi connectivity index (χ1v) is 9.54. The number of hydrogen-bond donors (Lipinski definition) is 1. The summed E-state index contributed by atoms with van der Waals surface area (Å²) in [5.74, 6) is 1.18. The van der Waals surface area contributed by atoms with Crippen molar-refractivity contribution in [3.63, 3.8) is 0 Å². The number of thiophene rings is 1. The molecule has 5 rings (SSSR count). The quantitative estimate of drug-likeness (QED) is 0.697. The second-order valence-electron chi connectivity index (χ2n) is 6.64. The monoisotopic (exact) mass is 362 g/mol. The molecule has 0 fully saturated rings. The molecule has 0 saturated heterocycles. The van der Waals surface area contributed by atoms with E-state index in [1.165, 1.54) is 10.4 Å². The van der Waals surface area contributed by atoms with Crippen molar-refractivity contribution in [2.45, 2.75) is 25.6 Å². The summed E-state index contributed by atoms with van der Waals surface area (Å²) in [5, 5.41) is 19.3. The molecule has 5 heteroatoms. The van der Waals surface area contributed by atoms with Gasteiger partial charge in [-0.1, -0.05) is 30.3 Å². The molecule has 1 N–H and O–H groups in total. The van der Waals surface area contributed by atoms with Gasteiger partial charge in [0, 0.05) is 17.5 Å². The minimum atomic E-state index is -0.238. The molecule has 2 aliphatic rings. The second-order valence-corrected chi connectivity index (χ2v) is 7.59. The van der Waals surface area contributed by atoms with Crippen molar-refractivity contribution in [1.82, 2.24) is 5.01 Å². The zero-order chi connectivity index (χ0) is 17.7. The third-order valence-corrected chi connectivity index (χ3v) is 6.09. The number of benzene rings is 2. The van der Waals surface area contributed by atoms with Crippen LogP contribution in [-0.4, -0.2) is 15.8 Å². The average Bonchev–Trinajstić information content (AvgIpc) is 3.28. The fourth-order valence-corrected chi connectivity index (χ4v) is 4.67. The van der Waals surface area contributed by atoms with Gasteiger partial charge < -0.3 is 9.84 Å². The number of aryl methyl sites for hydroxylation is 1. The van der Waals surface area contributed by atoms with Gasteiger partial charge in [0.1, 0.15) is 11.5 Å². The van der Waals surface area contributed by atoms with E-state index in [0.29, 0.717) is 0 Å². The van der Waals surface area contributed by atoms with Gasteiger partial charge >= 0.3 is 0 Å². The predicted molar refractivity (Wildman–Crippen MR) is 103 cm³/mol. The third-order valence-electron chi connectivity index (χ3n) is 5.04. The summed E-state index contributed by atoms with van der Waals surface area (Å²) >= 11 is 1.69. The van der Waals surface area contributed by atoms with Crippen molar-refractivity contribution in [2.24, 2.45) is 5.10 Å². The molecular weight excluding hydrogens is 344 g/mol. The first-order valence-electron chi connectivity index (χ1n) is 8.66. The highest BCUT2D eigenvalue weighted by Gasteiger charge is 2.42. The number of phenols is 1. The van der Waals surface area contributed by atoms with Crippen LogP contribution in [0, 0.1) is 6.92 Å². The van der Waals surface area contributed by atoms with Crippen LogP contribution in [0.25, 0.3) is 0 Å². The molecule has 2 aromatic carbocycles. The molecule has 2 aliphatic heterocycles. The molecule has 0 amide bonds. The van der Waals surface area contributed by atoms with E-state index < -0.39 is 0 Å². The highest BCUT2D eigenvalue weighted by Crippen LogP contribution is 2.49. The summed E-state index contributed by atoms with van der Waals surface area (Å²) in [7, 11) is 0. The number of aromatic hydroxyl groups is 1. The molecule has 26 heavy (non-hydrogen) atoms. The molecule has 0 aliphatic carbocycles. The van der Waals surface area contributed by atoms with Crippen LogP contribution in [0.2, 0.25) is 0 Å². The van der Waals surface area contributed by atoms with Gasteiger partial charge in [0.2, 0.25) is 6.23 Å². The van der Waals surface area contributed by atoms with Gasteiger partial charge in [0.15, 0.2) is 0 Å². The standard InChI is InChI=1S/C21H18N2O2S/c1-13-10-11-26-20(13)21-23-17(15-7-3-5-9-19(15)25-21)12-16(22-23)14-6-2-4-8-18(14)24/h2-11,17,21,24H,12H2,1H3. The lowest BCUT2D eigenvalue weighted by Crippen LogP contribution is -2.33. The molecule has 3 heterocycles. The Balaban J connectivity index is 1.63. The zero-order valence-electron chi connectivity index (χ0n) is 14.3. The van der Waals surface area contributed by atoms with Crippen molar-refractivity contribution in [1.29, 1.82) is 0 Å². The summed E-state index contributed by atoms with van der Waals surface area (Å²) in [5.41, 5.74) is 4.05. The van der Waals surface area contributed by atoms with Crippen LogP contribution in [0.15, 0.2) is 65.1 Å². The third kappa shape index (κ3) is 2.31. The first kappa shape index (κ1) is 15.5. The van der Waals surface area contributed by atoms with Crippen molar-refractivity contribution in [3.8, 4) is 11.5 Å². The fraction of sp³-hybridized carbons (Fsp3) is 0.190. The first-order chi connectivity index (χ1) is 12.7. The summed E-state index contributed by atoms with van der Waals surface area (Å²) in [6.07, 6.45) is 0.511. The Bertz CT molecular complexity index is 1010. The number of phenolic OH excluding ortho intramolecular Hbond substituents is 1. The fourth-order valence-electron chi connectivity index (χ4n) is 3.72. The summed E-state index contributed by atoms with van der Waals surface area (Å²) in [6.45, 7) is 2.11. The molecule has 4 nitrogen and oxygen atoms in total. The molecular formula is C21H18N2O2S. The molecule has 0 spiro atoms. The Kier molecular flexibility index (Phi) is 3.50. The predicted octanol–water partition coefficient (Wildman–Crippen LogP) is 5.00. The Morgan fingerprint density at radius 3 is 2.73 bits per heavy atom. The largest absolute Gasteiger partial charge is 0.507 e. The van der Waals surface area contributed by atoms with Crippen LogP contribution in [-0.2, 0) is 0 Å². The number of hydrazone groups is 1. The summed E-state index contributed by atoms with van der Waals surface area (Å²) < 4.78 is 6.35. The number of para-hydroxylation sites is 2. The molecule has 0 radical (unpaired) electrons. The molecule has 2 unspecified atom stereocenters. The Morgan fingerprint density at radius 2 is 1.92 bits per heavy atom. The maximum Gasteiger partial charge on any atom is 0.223 e. The Labute approximate surface area is 156 Å². The smallest absolute Gasteiger partial charge is 0.223 e. The van der Waals surface area contributed by atoms with E-state index in [-0.39, 0.29) is 18.0 Å². The highest BCUT2D eigenvalue weighted by atomic mass is 32.1. The van der Waals surface area contributed by atoms with E-state index in [1.807, 2.05) is 36.4 Å². The van der Waals surface area contributed by atoms with Crippen LogP contribution < -0.4 is 4.74 Å². The summed E-state index contributed by atoms with van der Waals surface area (Å²) in [4.78, 5) is 1.17. The van der Waals surface area contributed by atoms with Gasteiger partial charge in [-0.25, -0.2) is 5.01 Å². The van der Waals surface area contributed by atoms with E-state index in [1.54, 1.807) is 17.4 Å². The normalized spacial score (nSPS) is 21.0. The van der Waals surface area contributed by atoms with Gasteiger partial charge in [-0.15, -0.1) is 11.3 Å². The Morgan fingerprint density at radius 1 is 1.12 bits per heavy atom. The van der Waals surface area contributed by atoms with Crippen LogP contribution in [0.3, 0.4) is 0 Å². The van der Waals surface area contributed by atoms with E-state index in [4.69, 9.17) is 9.84 Å². The van der Waals surface area contributed by atoms with Gasteiger partial charge in [-0.3, -0.25) is 0 Å². The van der Waals surface area contributed by atoms with Crippen LogP contribution in [0.5, 0.6) is 11.5 Å². The lowest BCUT2D eigenvalue weighted by molar-refractivity contribution is -0.0169. The van der Waals surface area contributed by atoms with Crippen molar-refractivity contribution in [3.05, 3.63) is 81.5 Å². The van der Waals surface area contributed by atoms with Crippen LogP contribution in [0.4, 0.5) is 0 Å². The van der Waals surface area contributed by atoms with Gasteiger partial charge in [0.25, 0.3) is 0 Å². The van der Waals surface area contributed by atoms with Crippen molar-refractivity contribution in [2.75, 3.05) is 0 Å². The molecule has 0 saturated carbocycles. The second kappa shape index (κ2) is 5.88. The Hall–Kier alpha value is -2.79. The maximum absolute atomic E-state index is 10.3. The SMILES string of the molecule is Cc1ccsc1C1Oc2ccccc2C2CC(c3ccccc3O)=NN21. The van der Waals surface area contributed by atoms with E-state index in [0.717, 1.165) is 29.0 Å². The van der Waals surface area contributed by atoms with Gasteiger partial charge in [-0.2, -0.15) is 5.10 Å². The minimum absolute atomic E-state index is 0.112. The minimum Gasteiger partial charge on any atom is -0.507 e. The summed E-state index contributed by atoms with van der Waals surface area (Å²) in [6, 6.07) is 17.8. The number of ether oxygens (including phenoxy) is 1. The lowest BCUT2D eigenvalue weighted by atomic mass is 9.96. The zero-order valence-corrected chi connectivity index (χ0v) is 15.1. The van der Waals surface area contributed by atoms with E-state index >= 15 is 0 Å². The molecule has 2 atom stereocenters. The van der Waals surface area contributed by atoms with Crippen LogP contribution in [0.1, 0.15) is 40.3 Å². The van der Waals surface area contributed by atoms with E-state index in [2.05, 4.69) is 29.4 Å². The maximum atomic E-state index is 10.3. The highest BCUT2D eigenvalue weighted by molar-refractivity contribution is 7.10. The van der Waals surface area contributed by atoms with Crippen molar-refractivity contribution >= 4 is 17.0 Å². The number of nitrogens with zero attached hydrogens (tertiary/aromatic N) is 2. The average molecular weight is 362 g/mol. The number of hydrogen-bond acceptors (Lipinski definition) is 5. The van der Waals surface area contributed by atoms with Gasteiger partial charge in [0.05, 0.1) is 16.6 Å². The lowest BCUT2D eigenvalue weighted by Gasteiger charge is -2.37. The number of rotatable bonds is 2. The molecule has 130 valence electrons. The van der Waals surface area contributed by atoms with Crippen LogP contribution >= 0.6 is 11.3 Å². The molecule has 0 bridgehead atoms. The van der Waals surface area contributed by atoms with Crippen molar-refractivity contribution < 1.29 is 9.84 Å². The number of fused-ring (bicyclic) bond motifs is 3. The molecule has 3 aromatic rings.